The summed E-state index contributed by atoms with van der Waals surface area (Å²) in [5, 5.41) is 4.45. The Balaban J connectivity index is 2.44. The molecule has 0 unspecified atom stereocenters. The average molecular weight is 279 g/mol. The molecule has 0 aliphatic carbocycles. The molecule has 0 amide bonds. The summed E-state index contributed by atoms with van der Waals surface area (Å²) in [6, 6.07) is 1.88. The van der Waals surface area contributed by atoms with E-state index < -0.39 is 0 Å². The summed E-state index contributed by atoms with van der Waals surface area (Å²) >= 11 is 5.94. The first-order valence-corrected chi connectivity index (χ1v) is 6.27. The lowest BCUT2D eigenvalue weighted by Gasteiger charge is -2.09. The van der Waals surface area contributed by atoms with E-state index in [2.05, 4.69) is 26.8 Å². The van der Waals surface area contributed by atoms with Crippen LogP contribution in [0.4, 0.5) is 5.95 Å². The van der Waals surface area contributed by atoms with Gasteiger partial charge in [-0.25, -0.2) is 0 Å². The van der Waals surface area contributed by atoms with Gasteiger partial charge in [-0.05, 0) is 26.0 Å². The zero-order chi connectivity index (χ0) is 13.8. The lowest BCUT2D eigenvalue weighted by molar-refractivity contribution is 0.331. The average Bonchev–Trinajstić information content (AvgIpc) is 2.84. The summed E-state index contributed by atoms with van der Waals surface area (Å²) in [5.41, 5.74) is 1.37. The molecular weight excluding hydrogens is 264 g/mol. The van der Waals surface area contributed by atoms with Gasteiger partial charge in [-0.15, -0.1) is 0 Å². The van der Waals surface area contributed by atoms with E-state index in [0.29, 0.717) is 34.8 Å². The first-order chi connectivity index (χ1) is 9.15. The van der Waals surface area contributed by atoms with Crippen LogP contribution in [0.3, 0.4) is 0 Å². The number of aromatic nitrogens is 3. The van der Waals surface area contributed by atoms with Crippen molar-refractivity contribution in [1.82, 2.24) is 15.0 Å². The second-order valence-electron chi connectivity index (χ2n) is 3.80. The third-order valence-corrected chi connectivity index (χ3v) is 2.69. The Morgan fingerprint density at radius 2 is 2.37 bits per heavy atom. The van der Waals surface area contributed by atoms with Crippen molar-refractivity contribution in [2.24, 2.45) is 0 Å². The standard InChI is InChI=1S/C13H15ClN4O/c1-4-10(8(3)14)16-13-17-11-9(6-7-15-11)12(18-13)19-5-2/h4,6-7H,1,5H2,2-3H3,(H2,15,16,17,18)/b10-8-. The summed E-state index contributed by atoms with van der Waals surface area (Å²) in [6.07, 6.45) is 3.41. The number of hydrogen-bond donors (Lipinski definition) is 2. The van der Waals surface area contributed by atoms with E-state index in [1.165, 1.54) is 0 Å². The summed E-state index contributed by atoms with van der Waals surface area (Å²) < 4.78 is 5.51. The van der Waals surface area contributed by atoms with Crippen LogP contribution in [0.1, 0.15) is 13.8 Å². The van der Waals surface area contributed by atoms with Gasteiger partial charge in [-0.3, -0.25) is 0 Å². The molecule has 19 heavy (non-hydrogen) atoms. The molecule has 0 radical (unpaired) electrons. The van der Waals surface area contributed by atoms with Crippen molar-refractivity contribution in [2.75, 3.05) is 11.9 Å². The maximum atomic E-state index is 5.94. The number of hydrogen-bond acceptors (Lipinski definition) is 4. The Kier molecular flexibility index (Phi) is 4.06. The molecule has 0 bridgehead atoms. The minimum Gasteiger partial charge on any atom is -0.477 e. The molecule has 2 heterocycles. The first kappa shape index (κ1) is 13.4. The zero-order valence-electron chi connectivity index (χ0n) is 10.8. The molecule has 2 aromatic heterocycles. The Labute approximate surface area is 116 Å². The molecule has 0 fully saturated rings. The van der Waals surface area contributed by atoms with Crippen molar-refractivity contribution >= 4 is 28.6 Å². The molecule has 0 spiro atoms. The number of H-pyrrole nitrogens is 1. The van der Waals surface area contributed by atoms with Crippen molar-refractivity contribution in [3.05, 3.63) is 35.6 Å². The van der Waals surface area contributed by atoms with Gasteiger partial charge in [-0.2, -0.15) is 9.97 Å². The van der Waals surface area contributed by atoms with Crippen LogP contribution < -0.4 is 10.1 Å². The highest BCUT2D eigenvalue weighted by atomic mass is 35.5. The quantitative estimate of drug-likeness (QED) is 0.823. The fourth-order valence-electron chi connectivity index (χ4n) is 1.61. The van der Waals surface area contributed by atoms with Crippen molar-refractivity contribution in [3.63, 3.8) is 0 Å². The summed E-state index contributed by atoms with van der Waals surface area (Å²) in [7, 11) is 0. The predicted octanol–water partition coefficient (Wildman–Crippen LogP) is 3.42. The lowest BCUT2D eigenvalue weighted by Crippen LogP contribution is -2.05. The molecule has 5 nitrogen and oxygen atoms in total. The second kappa shape index (κ2) is 5.75. The number of nitrogens with zero attached hydrogens (tertiary/aromatic N) is 2. The molecular formula is C13H15ClN4O. The molecule has 100 valence electrons. The molecule has 0 aliphatic rings. The van der Waals surface area contributed by atoms with E-state index in [4.69, 9.17) is 16.3 Å². The van der Waals surface area contributed by atoms with Crippen LogP contribution in [0.5, 0.6) is 5.88 Å². The van der Waals surface area contributed by atoms with Gasteiger partial charge in [0.05, 0.1) is 17.7 Å². The normalized spacial score (nSPS) is 12.2. The molecule has 0 aromatic carbocycles. The number of halogens is 1. The van der Waals surface area contributed by atoms with Gasteiger partial charge in [0.25, 0.3) is 0 Å². The van der Waals surface area contributed by atoms with Crippen LogP contribution in [0.25, 0.3) is 11.0 Å². The van der Waals surface area contributed by atoms with E-state index in [1.807, 2.05) is 13.0 Å². The molecule has 0 atom stereocenters. The molecule has 0 aliphatic heterocycles. The van der Waals surface area contributed by atoms with Gasteiger partial charge < -0.3 is 15.0 Å². The maximum Gasteiger partial charge on any atom is 0.232 e. The highest BCUT2D eigenvalue weighted by molar-refractivity contribution is 6.29. The maximum absolute atomic E-state index is 5.94. The number of rotatable bonds is 5. The third kappa shape index (κ3) is 2.88. The van der Waals surface area contributed by atoms with E-state index >= 15 is 0 Å². The zero-order valence-corrected chi connectivity index (χ0v) is 11.6. The molecule has 0 saturated carbocycles. The second-order valence-corrected chi connectivity index (χ2v) is 4.37. The number of anilines is 1. The van der Waals surface area contributed by atoms with Gasteiger partial charge in [-0.1, -0.05) is 18.2 Å². The Hall–Kier alpha value is -2.01. The van der Waals surface area contributed by atoms with Crippen LogP contribution >= 0.6 is 11.6 Å². The van der Waals surface area contributed by atoms with Crippen molar-refractivity contribution < 1.29 is 4.74 Å². The van der Waals surface area contributed by atoms with Crippen LogP contribution in [-0.4, -0.2) is 21.6 Å². The summed E-state index contributed by atoms with van der Waals surface area (Å²) in [6.45, 7) is 7.90. The Morgan fingerprint density at radius 1 is 1.58 bits per heavy atom. The fraction of sp³-hybridized carbons (Fsp3) is 0.231. The number of allylic oxidation sites excluding steroid dienone is 2. The van der Waals surface area contributed by atoms with Crippen LogP contribution in [0, 0.1) is 0 Å². The van der Waals surface area contributed by atoms with Crippen LogP contribution in [0.15, 0.2) is 35.6 Å². The van der Waals surface area contributed by atoms with Crippen LogP contribution in [0.2, 0.25) is 0 Å². The monoisotopic (exact) mass is 278 g/mol. The van der Waals surface area contributed by atoms with Gasteiger partial charge in [0, 0.05) is 11.2 Å². The van der Waals surface area contributed by atoms with E-state index in [1.54, 1.807) is 19.2 Å². The SMILES string of the molecule is C=C/C(Nc1nc(OCC)c2cc[nH]c2n1)=C(\C)Cl. The van der Waals surface area contributed by atoms with Crippen molar-refractivity contribution in [1.29, 1.82) is 0 Å². The van der Waals surface area contributed by atoms with Crippen LogP contribution in [-0.2, 0) is 0 Å². The molecule has 0 saturated heterocycles. The molecule has 2 aromatic rings. The van der Waals surface area contributed by atoms with Crippen molar-refractivity contribution in [3.8, 4) is 5.88 Å². The van der Waals surface area contributed by atoms with Gasteiger partial charge in [0.2, 0.25) is 11.8 Å². The van der Waals surface area contributed by atoms with E-state index in [0.717, 1.165) is 5.39 Å². The minimum atomic E-state index is 0.410. The topological polar surface area (TPSA) is 62.8 Å². The highest BCUT2D eigenvalue weighted by Gasteiger charge is 2.10. The van der Waals surface area contributed by atoms with Crippen molar-refractivity contribution in [2.45, 2.75) is 13.8 Å². The largest absolute Gasteiger partial charge is 0.477 e. The van der Waals surface area contributed by atoms with E-state index in [-0.39, 0.29) is 0 Å². The number of nitrogens with one attached hydrogen (secondary N) is 2. The lowest BCUT2D eigenvalue weighted by atomic mass is 10.4. The first-order valence-electron chi connectivity index (χ1n) is 5.89. The number of aromatic amines is 1. The molecule has 6 heteroatoms. The fourth-order valence-corrected chi connectivity index (χ4v) is 1.74. The molecule has 2 rings (SSSR count). The predicted molar refractivity (Wildman–Crippen MR) is 77.4 cm³/mol. The number of ether oxygens (including phenoxy) is 1. The smallest absolute Gasteiger partial charge is 0.232 e. The Bertz CT molecular complexity index is 629. The number of fused-ring (bicyclic) bond motifs is 1. The van der Waals surface area contributed by atoms with E-state index in [9.17, 15) is 0 Å². The third-order valence-electron chi connectivity index (χ3n) is 2.48. The van der Waals surface area contributed by atoms with Gasteiger partial charge in [0.15, 0.2) is 0 Å². The summed E-state index contributed by atoms with van der Waals surface area (Å²) in [4.78, 5) is 11.7. The van der Waals surface area contributed by atoms with Gasteiger partial charge in [0.1, 0.15) is 5.65 Å². The highest BCUT2D eigenvalue weighted by Crippen LogP contribution is 2.24. The Morgan fingerprint density at radius 3 is 3.00 bits per heavy atom. The van der Waals surface area contributed by atoms with Gasteiger partial charge >= 0.3 is 0 Å². The summed E-state index contributed by atoms with van der Waals surface area (Å²) in [5.74, 6) is 0.945. The molecule has 2 N–H and O–H groups in total. The minimum absolute atomic E-state index is 0.410.